The molecule has 3 aromatic carbocycles. The number of aromatic hydroxyl groups is 6. The van der Waals surface area contributed by atoms with Gasteiger partial charge in [0, 0.05) is 23.8 Å². The number of rotatable bonds is 16. The van der Waals surface area contributed by atoms with E-state index < -0.39 is 247 Å². The molecule has 33 nitrogen and oxygen atoms in total. The van der Waals surface area contributed by atoms with Gasteiger partial charge < -0.3 is 154 Å². The lowest BCUT2D eigenvalue weighted by Crippen LogP contribution is -2.67. The highest BCUT2D eigenvalue weighted by molar-refractivity contribution is 5.89. The summed E-state index contributed by atoms with van der Waals surface area (Å²) in [5.74, 6) is -8.17. The Balaban J connectivity index is 1.02. The zero-order chi connectivity index (χ0) is 62.5. The standard InChI is InChI=1S/C53H64O33/c1-15-31(62)37(68)42(73)50(77-15)81-28-14-76-49(41(72)35(28)66)83-45-23(59)8-18(9-24(45)60)44-46(36(67)30-22(58)10-19(55)11-25(30)79-44)84-52-47(39(70)32(63)16(2)78-52)86-53-48(85-51-43(74)38(69)33(64)26(12-54)80-51)40(71)34(65)27(82-53)13-75-29(61)6-4-17-3-5-20(56)21(57)7-17/h3-11,15-16,26-28,31-35,37-43,47-60,62-66,68-74H,12-14H2,1-2H3/b6-4+/t15-,16-,26+,27+,28?,31-,32-,33+,34+,35-,37+,38-,39+,40-,41+,42+,43+,47+,48+,49-,50-,51?,52-,53?/m0/s1. The van der Waals surface area contributed by atoms with Gasteiger partial charge in [-0.25, -0.2) is 4.79 Å². The van der Waals surface area contributed by atoms with E-state index in [1.165, 1.54) is 26.0 Å². The van der Waals surface area contributed by atoms with Crippen molar-refractivity contribution in [3.8, 4) is 57.3 Å². The summed E-state index contributed by atoms with van der Waals surface area (Å²) < 4.78 is 68.8. The predicted octanol–water partition coefficient (Wildman–Crippen LogP) is -5.52. The van der Waals surface area contributed by atoms with Gasteiger partial charge in [-0.15, -0.1) is 0 Å². The summed E-state index contributed by atoms with van der Waals surface area (Å²) >= 11 is 0. The lowest BCUT2D eigenvalue weighted by molar-refractivity contribution is -0.388. The molecule has 0 aliphatic carbocycles. The SMILES string of the molecule is C[C@@H]1O[C@@H](OC2CO[C@@H](Oc3c(O)cc(-c4oc5cc(O)cc(O)c5c(=O)c4O[C@@H]4O[C@@H](C)[C@H](O)[C@@H](O)[C@H]4OC4O[C@H](COC(=O)/C=C/c5ccc(O)c(O)c5)[C@@H](O)[C@H](O)[C@H]4OC4O[C@H](CO)[C@@H](O)[C@H](O)[C@H]4O)cc3O)[C@H](O)[C@H]2O)[C@H](O)[C@H](O)[C@H]1O. The van der Waals surface area contributed by atoms with Crippen molar-refractivity contribution in [2.24, 2.45) is 0 Å². The van der Waals surface area contributed by atoms with Crippen LogP contribution in [-0.2, 0) is 47.4 Å². The van der Waals surface area contributed by atoms with Crippen molar-refractivity contribution in [1.82, 2.24) is 0 Å². The second kappa shape index (κ2) is 26.1. The van der Waals surface area contributed by atoms with Crippen LogP contribution in [0.5, 0.6) is 46.0 Å². The van der Waals surface area contributed by atoms with Crippen molar-refractivity contribution in [3.63, 3.8) is 0 Å². The summed E-state index contributed by atoms with van der Waals surface area (Å²) in [7, 11) is 0. The molecule has 19 N–H and O–H groups in total. The monoisotopic (exact) mass is 1230 g/mol. The Kier molecular flexibility index (Phi) is 19.5. The van der Waals surface area contributed by atoms with Gasteiger partial charge >= 0.3 is 5.97 Å². The van der Waals surface area contributed by atoms with E-state index in [-0.39, 0.29) is 5.56 Å². The predicted molar refractivity (Wildman–Crippen MR) is 275 cm³/mol. The molecule has 5 saturated heterocycles. The minimum Gasteiger partial charge on any atom is -0.508 e. The fraction of sp³-hybridized carbons (Fsp3) is 0.547. The highest BCUT2D eigenvalue weighted by atomic mass is 16.8. The third kappa shape index (κ3) is 13.0. The average molecular weight is 1230 g/mol. The van der Waals surface area contributed by atoms with Gasteiger partial charge in [0.15, 0.2) is 53.7 Å². The fourth-order valence-corrected chi connectivity index (χ4v) is 9.99. The van der Waals surface area contributed by atoms with E-state index in [4.69, 9.17) is 56.5 Å². The van der Waals surface area contributed by atoms with Gasteiger partial charge in [0.2, 0.25) is 29.5 Å². The molecule has 3 unspecified atom stereocenters. The normalized spacial score (nSPS) is 37.8. The number of hydrogen-bond acceptors (Lipinski definition) is 33. The lowest BCUT2D eigenvalue weighted by Gasteiger charge is -2.48. The van der Waals surface area contributed by atoms with Crippen LogP contribution in [0.3, 0.4) is 0 Å². The van der Waals surface area contributed by atoms with E-state index in [1.807, 2.05) is 0 Å². The molecule has 1 aromatic heterocycles. The molecule has 5 aliphatic rings. The van der Waals surface area contributed by atoms with Crippen LogP contribution in [0.25, 0.3) is 28.4 Å². The van der Waals surface area contributed by atoms with Crippen LogP contribution in [0.15, 0.2) is 57.8 Å². The smallest absolute Gasteiger partial charge is 0.330 e. The molecule has 33 heteroatoms. The minimum atomic E-state index is -2.26. The first-order chi connectivity index (χ1) is 40.7. The number of aliphatic hydroxyl groups is 13. The van der Waals surface area contributed by atoms with Gasteiger partial charge in [-0.3, -0.25) is 4.79 Å². The Labute approximate surface area is 483 Å². The van der Waals surface area contributed by atoms with Gasteiger partial charge in [0.1, 0.15) is 127 Å². The largest absolute Gasteiger partial charge is 0.508 e. The van der Waals surface area contributed by atoms with Crippen LogP contribution in [0, 0.1) is 0 Å². The summed E-state index contributed by atoms with van der Waals surface area (Å²) in [6.07, 6.45) is -43.2. The number of ether oxygens (including phenoxy) is 11. The van der Waals surface area contributed by atoms with Crippen molar-refractivity contribution < 1.29 is 158 Å². The molecule has 0 bridgehead atoms. The summed E-state index contributed by atoms with van der Waals surface area (Å²) in [5.41, 5.74) is -2.10. The van der Waals surface area contributed by atoms with E-state index in [0.717, 1.165) is 42.5 Å². The molecule has 0 saturated carbocycles. The Morgan fingerprint density at radius 3 is 1.77 bits per heavy atom. The number of phenolic OH excluding ortho intramolecular Hbond substituents is 6. The maximum atomic E-state index is 14.7. The quantitative estimate of drug-likeness (QED) is 0.0283. The van der Waals surface area contributed by atoms with Crippen LogP contribution in [0.1, 0.15) is 19.4 Å². The molecule has 86 heavy (non-hydrogen) atoms. The number of benzene rings is 3. The highest BCUT2D eigenvalue weighted by Gasteiger charge is 2.55. The maximum Gasteiger partial charge on any atom is 0.330 e. The zero-order valence-electron chi connectivity index (χ0n) is 44.9. The maximum absolute atomic E-state index is 14.7. The number of hydrogen-bond donors (Lipinski definition) is 19. The molecule has 4 aromatic rings. The molecule has 0 amide bonds. The van der Waals surface area contributed by atoms with E-state index in [9.17, 15) is 107 Å². The summed E-state index contributed by atoms with van der Waals surface area (Å²) in [6, 6.07) is 6.81. The molecule has 6 heterocycles. The zero-order valence-corrected chi connectivity index (χ0v) is 44.9. The topological polar surface area (TPSA) is 533 Å². The molecule has 5 aliphatic heterocycles. The number of carbonyl (C=O) groups is 1. The van der Waals surface area contributed by atoms with E-state index in [1.54, 1.807) is 0 Å². The number of carbonyl (C=O) groups excluding carboxylic acids is 1. The van der Waals surface area contributed by atoms with Crippen molar-refractivity contribution in [2.45, 2.75) is 161 Å². The third-order valence-electron chi connectivity index (χ3n) is 14.9. The first-order valence-corrected chi connectivity index (χ1v) is 26.4. The first-order valence-electron chi connectivity index (χ1n) is 26.4. The third-order valence-corrected chi connectivity index (χ3v) is 14.9. The molecule has 0 radical (unpaired) electrons. The van der Waals surface area contributed by atoms with Crippen molar-refractivity contribution in [3.05, 3.63) is 64.3 Å². The van der Waals surface area contributed by atoms with E-state index in [2.05, 4.69) is 0 Å². The van der Waals surface area contributed by atoms with Crippen molar-refractivity contribution in [2.75, 3.05) is 19.8 Å². The van der Waals surface area contributed by atoms with Gasteiger partial charge in [-0.2, -0.15) is 0 Å². The number of fused-ring (bicyclic) bond motifs is 1. The molecular formula is C53H64O33. The van der Waals surface area contributed by atoms with Crippen LogP contribution >= 0.6 is 0 Å². The van der Waals surface area contributed by atoms with Gasteiger partial charge in [0.25, 0.3) is 0 Å². The van der Waals surface area contributed by atoms with Crippen molar-refractivity contribution >= 4 is 23.0 Å². The van der Waals surface area contributed by atoms with Gasteiger partial charge in [-0.05, 0) is 49.8 Å². The van der Waals surface area contributed by atoms with Gasteiger partial charge in [-0.1, -0.05) is 6.07 Å². The number of esters is 1. The second-order valence-electron chi connectivity index (χ2n) is 20.9. The molecular weight excluding hydrogens is 1160 g/mol. The average Bonchev–Trinajstić information content (AvgIpc) is 1.01. The second-order valence-corrected chi connectivity index (χ2v) is 20.9. The van der Waals surface area contributed by atoms with Gasteiger partial charge in [0.05, 0.1) is 25.4 Å². The number of aliphatic hydroxyl groups excluding tert-OH is 13. The summed E-state index contributed by atoms with van der Waals surface area (Å²) in [5, 5.41) is 204. The fourth-order valence-electron chi connectivity index (χ4n) is 9.99. The van der Waals surface area contributed by atoms with Crippen LogP contribution in [0.2, 0.25) is 0 Å². The minimum absolute atomic E-state index is 0.224. The van der Waals surface area contributed by atoms with Crippen LogP contribution in [0.4, 0.5) is 0 Å². The Hall–Kier alpha value is -6.36. The Morgan fingerprint density at radius 2 is 1.10 bits per heavy atom. The molecule has 474 valence electrons. The van der Waals surface area contributed by atoms with E-state index >= 15 is 0 Å². The Bertz CT molecular complexity index is 3100. The molecule has 5 fully saturated rings. The molecule has 9 rings (SSSR count). The van der Waals surface area contributed by atoms with Crippen LogP contribution < -0.4 is 14.9 Å². The van der Waals surface area contributed by atoms with Crippen LogP contribution in [-0.4, -0.2) is 270 Å². The number of phenols is 6. The molecule has 24 atom stereocenters. The highest BCUT2D eigenvalue weighted by Crippen LogP contribution is 2.46. The van der Waals surface area contributed by atoms with Crippen molar-refractivity contribution in [1.29, 1.82) is 0 Å². The summed E-state index contributed by atoms with van der Waals surface area (Å²) in [4.78, 5) is 27.6. The Morgan fingerprint density at radius 1 is 0.547 bits per heavy atom. The lowest BCUT2D eigenvalue weighted by atomic mass is 9.96. The first kappa shape index (κ1) is 64.1. The van der Waals surface area contributed by atoms with E-state index in [0.29, 0.717) is 0 Å². The summed E-state index contributed by atoms with van der Waals surface area (Å²) in [6.45, 7) is 0.137. The molecule has 0 spiro atoms.